The number of fused-ring (bicyclic) bond motifs is 1. The Bertz CT molecular complexity index is 848. The lowest BCUT2D eigenvalue weighted by Gasteiger charge is -1.98. The van der Waals surface area contributed by atoms with E-state index in [1.54, 1.807) is 24.4 Å². The van der Waals surface area contributed by atoms with Crippen LogP contribution in [-0.2, 0) is 4.74 Å². The Labute approximate surface area is 113 Å². The Morgan fingerprint density at radius 1 is 1.30 bits per heavy atom. The van der Waals surface area contributed by atoms with Crippen LogP contribution in [0.1, 0.15) is 10.4 Å². The van der Waals surface area contributed by atoms with Gasteiger partial charge in [-0.3, -0.25) is 4.79 Å². The van der Waals surface area contributed by atoms with Crippen molar-refractivity contribution in [1.82, 2.24) is 15.0 Å². The summed E-state index contributed by atoms with van der Waals surface area (Å²) in [5.74, 6) is 0.0852. The van der Waals surface area contributed by atoms with Crippen LogP contribution < -0.4 is 5.56 Å². The van der Waals surface area contributed by atoms with Crippen LogP contribution in [0.2, 0.25) is 0 Å². The Morgan fingerprint density at radius 3 is 2.90 bits per heavy atom. The molecule has 0 aliphatic heterocycles. The van der Waals surface area contributed by atoms with Gasteiger partial charge in [0, 0.05) is 17.8 Å². The number of ether oxygens (including phenoxy) is 1. The SMILES string of the molecule is COC(=O)c1cccc2[nH]c(-c3cc[nH]c(=O)c3)nc12. The van der Waals surface area contributed by atoms with Crippen LogP contribution in [0.25, 0.3) is 22.4 Å². The Kier molecular flexibility index (Phi) is 2.83. The second-order valence-electron chi connectivity index (χ2n) is 4.22. The smallest absolute Gasteiger partial charge is 0.340 e. The summed E-state index contributed by atoms with van der Waals surface area (Å²) in [7, 11) is 1.32. The molecule has 6 heteroatoms. The number of nitrogens with zero attached hydrogens (tertiary/aromatic N) is 1. The first kappa shape index (κ1) is 12.2. The summed E-state index contributed by atoms with van der Waals surface area (Å²) in [5.41, 5.74) is 2.06. The van der Waals surface area contributed by atoms with E-state index in [0.717, 1.165) is 0 Å². The number of carbonyl (C=O) groups is 1. The predicted molar refractivity (Wildman–Crippen MR) is 73.5 cm³/mol. The van der Waals surface area contributed by atoms with Crippen LogP contribution in [0.3, 0.4) is 0 Å². The van der Waals surface area contributed by atoms with Crippen molar-refractivity contribution >= 4 is 17.0 Å². The van der Waals surface area contributed by atoms with E-state index in [2.05, 4.69) is 15.0 Å². The number of aromatic nitrogens is 3. The van der Waals surface area contributed by atoms with Crippen molar-refractivity contribution in [1.29, 1.82) is 0 Å². The lowest BCUT2D eigenvalue weighted by atomic mass is 10.2. The molecule has 0 saturated carbocycles. The third-order valence-corrected chi connectivity index (χ3v) is 2.97. The van der Waals surface area contributed by atoms with Crippen molar-refractivity contribution < 1.29 is 9.53 Å². The Morgan fingerprint density at radius 2 is 2.15 bits per heavy atom. The summed E-state index contributed by atoms with van der Waals surface area (Å²) in [6.07, 6.45) is 1.55. The van der Waals surface area contributed by atoms with Crippen molar-refractivity contribution in [3.63, 3.8) is 0 Å². The second kappa shape index (κ2) is 4.65. The number of hydrogen-bond donors (Lipinski definition) is 2. The Balaban J connectivity index is 2.21. The van der Waals surface area contributed by atoms with E-state index in [1.807, 2.05) is 6.07 Å². The molecule has 0 amide bonds. The highest BCUT2D eigenvalue weighted by molar-refractivity contribution is 6.02. The van der Waals surface area contributed by atoms with Crippen molar-refractivity contribution in [3.05, 3.63) is 52.4 Å². The van der Waals surface area contributed by atoms with Gasteiger partial charge in [0.25, 0.3) is 0 Å². The van der Waals surface area contributed by atoms with Gasteiger partial charge in [0.05, 0.1) is 18.2 Å². The number of esters is 1. The van der Waals surface area contributed by atoms with Gasteiger partial charge >= 0.3 is 5.97 Å². The molecule has 0 saturated heterocycles. The number of aromatic amines is 2. The van der Waals surface area contributed by atoms with E-state index < -0.39 is 5.97 Å². The van der Waals surface area contributed by atoms with Gasteiger partial charge in [-0.15, -0.1) is 0 Å². The molecule has 0 aliphatic rings. The van der Waals surface area contributed by atoms with E-state index in [0.29, 0.717) is 28.0 Å². The maximum Gasteiger partial charge on any atom is 0.340 e. The summed E-state index contributed by atoms with van der Waals surface area (Å²) >= 11 is 0. The molecule has 1 aromatic carbocycles. The van der Waals surface area contributed by atoms with Gasteiger partial charge < -0.3 is 14.7 Å². The first-order chi connectivity index (χ1) is 9.69. The summed E-state index contributed by atoms with van der Waals surface area (Å²) in [6, 6.07) is 8.38. The maximum absolute atomic E-state index is 11.7. The van der Waals surface area contributed by atoms with E-state index in [-0.39, 0.29) is 5.56 Å². The number of carbonyl (C=O) groups excluding carboxylic acids is 1. The third kappa shape index (κ3) is 1.97. The minimum atomic E-state index is -0.445. The molecule has 0 unspecified atom stereocenters. The van der Waals surface area contributed by atoms with E-state index in [4.69, 9.17) is 4.74 Å². The van der Waals surface area contributed by atoms with Crippen molar-refractivity contribution in [2.45, 2.75) is 0 Å². The molecular formula is C14H11N3O3. The molecule has 3 rings (SSSR count). The molecule has 100 valence electrons. The van der Waals surface area contributed by atoms with Gasteiger partial charge in [0.1, 0.15) is 11.3 Å². The zero-order valence-electron chi connectivity index (χ0n) is 10.6. The number of hydrogen-bond acceptors (Lipinski definition) is 4. The van der Waals surface area contributed by atoms with Crippen LogP contribution in [0.5, 0.6) is 0 Å². The molecule has 0 spiro atoms. The zero-order chi connectivity index (χ0) is 14.1. The molecule has 0 fully saturated rings. The molecule has 2 heterocycles. The van der Waals surface area contributed by atoms with Gasteiger partial charge in [0.2, 0.25) is 5.56 Å². The van der Waals surface area contributed by atoms with E-state index in [1.165, 1.54) is 13.2 Å². The van der Waals surface area contributed by atoms with Gasteiger partial charge in [-0.05, 0) is 18.2 Å². The monoisotopic (exact) mass is 269 g/mol. The van der Waals surface area contributed by atoms with Crippen LogP contribution >= 0.6 is 0 Å². The van der Waals surface area contributed by atoms with Crippen LogP contribution in [0.15, 0.2) is 41.3 Å². The van der Waals surface area contributed by atoms with E-state index in [9.17, 15) is 9.59 Å². The molecule has 2 N–H and O–H groups in total. The molecule has 0 radical (unpaired) electrons. The van der Waals surface area contributed by atoms with Crippen molar-refractivity contribution in [3.8, 4) is 11.4 Å². The lowest BCUT2D eigenvalue weighted by molar-refractivity contribution is 0.0603. The summed E-state index contributed by atoms with van der Waals surface area (Å²) < 4.78 is 4.73. The highest BCUT2D eigenvalue weighted by atomic mass is 16.5. The second-order valence-corrected chi connectivity index (χ2v) is 4.22. The highest BCUT2D eigenvalue weighted by Gasteiger charge is 2.14. The van der Waals surface area contributed by atoms with E-state index >= 15 is 0 Å². The molecule has 0 atom stereocenters. The van der Waals surface area contributed by atoms with Crippen LogP contribution in [0.4, 0.5) is 0 Å². The van der Waals surface area contributed by atoms with Crippen LogP contribution in [0, 0.1) is 0 Å². The number of imidazole rings is 1. The number of rotatable bonds is 2. The van der Waals surface area contributed by atoms with Gasteiger partial charge in [-0.1, -0.05) is 6.07 Å². The fourth-order valence-corrected chi connectivity index (χ4v) is 2.04. The van der Waals surface area contributed by atoms with Crippen LogP contribution in [-0.4, -0.2) is 28.0 Å². The van der Waals surface area contributed by atoms with Crippen molar-refractivity contribution in [2.75, 3.05) is 7.11 Å². The zero-order valence-corrected chi connectivity index (χ0v) is 10.6. The fourth-order valence-electron chi connectivity index (χ4n) is 2.04. The number of para-hydroxylation sites is 1. The predicted octanol–water partition coefficient (Wildman–Crippen LogP) is 1.70. The normalized spacial score (nSPS) is 10.7. The molecule has 20 heavy (non-hydrogen) atoms. The molecule has 3 aromatic rings. The summed E-state index contributed by atoms with van der Waals surface area (Å²) in [5, 5.41) is 0. The summed E-state index contributed by atoms with van der Waals surface area (Å²) in [6.45, 7) is 0. The number of pyridine rings is 1. The fraction of sp³-hybridized carbons (Fsp3) is 0.0714. The molecule has 0 aliphatic carbocycles. The number of H-pyrrole nitrogens is 2. The highest BCUT2D eigenvalue weighted by Crippen LogP contribution is 2.22. The topological polar surface area (TPSA) is 87.8 Å². The van der Waals surface area contributed by atoms with Crippen molar-refractivity contribution in [2.24, 2.45) is 0 Å². The quantitative estimate of drug-likeness (QED) is 0.693. The number of nitrogens with one attached hydrogen (secondary N) is 2. The third-order valence-electron chi connectivity index (χ3n) is 2.97. The maximum atomic E-state index is 11.7. The molecular weight excluding hydrogens is 258 g/mol. The first-order valence-electron chi connectivity index (χ1n) is 5.95. The van der Waals surface area contributed by atoms with Gasteiger partial charge in [-0.25, -0.2) is 9.78 Å². The lowest BCUT2D eigenvalue weighted by Crippen LogP contribution is -2.02. The number of benzene rings is 1. The minimum absolute atomic E-state index is 0.212. The molecule has 6 nitrogen and oxygen atoms in total. The molecule has 2 aromatic heterocycles. The Hall–Kier alpha value is -2.89. The standard InChI is InChI=1S/C14H11N3O3/c1-20-14(19)9-3-2-4-10-12(9)17-13(16-10)8-5-6-15-11(18)7-8/h2-7H,1H3,(H,15,18)(H,16,17). The first-order valence-corrected chi connectivity index (χ1v) is 5.95. The minimum Gasteiger partial charge on any atom is -0.465 e. The molecule has 0 bridgehead atoms. The average molecular weight is 269 g/mol. The summed E-state index contributed by atoms with van der Waals surface area (Å²) in [4.78, 5) is 33.0. The number of methoxy groups -OCH3 is 1. The average Bonchev–Trinajstić information content (AvgIpc) is 2.90. The van der Waals surface area contributed by atoms with Gasteiger partial charge in [-0.2, -0.15) is 0 Å². The van der Waals surface area contributed by atoms with Gasteiger partial charge in [0.15, 0.2) is 0 Å². The largest absolute Gasteiger partial charge is 0.465 e.